The Kier molecular flexibility index (Phi) is 6.63. The molecule has 2 heteroatoms. The first-order valence-electron chi connectivity index (χ1n) is 15.1. The summed E-state index contributed by atoms with van der Waals surface area (Å²) in [5, 5.41) is 1.25. The van der Waals surface area contributed by atoms with Gasteiger partial charge in [-0.1, -0.05) is 129 Å². The van der Waals surface area contributed by atoms with Crippen LogP contribution < -0.4 is 4.90 Å². The summed E-state index contributed by atoms with van der Waals surface area (Å²) in [4.78, 5) is 2.47. The Morgan fingerprint density at radius 1 is 0.558 bits per heavy atom. The highest BCUT2D eigenvalue weighted by atomic mass is 15.2. The van der Waals surface area contributed by atoms with E-state index in [0.29, 0.717) is 0 Å². The Balaban J connectivity index is 1.46. The van der Waals surface area contributed by atoms with Crippen LogP contribution >= 0.6 is 0 Å². The molecule has 0 bridgehead atoms. The molecule has 0 N–H and O–H groups in total. The van der Waals surface area contributed by atoms with E-state index in [4.69, 9.17) is 0 Å². The van der Waals surface area contributed by atoms with Gasteiger partial charge < -0.3 is 9.47 Å². The quantitative estimate of drug-likeness (QED) is 0.205. The van der Waals surface area contributed by atoms with Gasteiger partial charge in [0.05, 0.1) is 16.9 Å². The molecule has 2 nitrogen and oxygen atoms in total. The molecule has 1 aliphatic rings. The number of anilines is 2. The van der Waals surface area contributed by atoms with Crippen molar-refractivity contribution in [3.05, 3.63) is 163 Å². The van der Waals surface area contributed by atoms with E-state index in [9.17, 15) is 0 Å². The summed E-state index contributed by atoms with van der Waals surface area (Å²) < 4.78 is 2.49. The number of hydrogen-bond donors (Lipinski definition) is 0. The van der Waals surface area contributed by atoms with Gasteiger partial charge in [-0.2, -0.15) is 0 Å². The van der Waals surface area contributed by atoms with Crippen molar-refractivity contribution in [1.82, 2.24) is 4.57 Å². The minimum atomic E-state index is -0.233. The second kappa shape index (κ2) is 10.6. The number of aromatic nitrogens is 1. The Morgan fingerprint density at radius 3 is 1.60 bits per heavy atom. The predicted molar refractivity (Wildman–Crippen MR) is 183 cm³/mol. The Bertz CT molecular complexity index is 1970. The highest BCUT2D eigenvalue weighted by Crippen LogP contribution is 2.53. The van der Waals surface area contributed by atoms with E-state index in [1.54, 1.807) is 0 Å². The van der Waals surface area contributed by atoms with E-state index in [-0.39, 0.29) is 5.41 Å². The summed E-state index contributed by atoms with van der Waals surface area (Å²) in [6, 6.07) is 48.1. The van der Waals surface area contributed by atoms with Gasteiger partial charge in [0.25, 0.3) is 0 Å². The van der Waals surface area contributed by atoms with E-state index in [1.165, 1.54) is 67.2 Å². The topological polar surface area (TPSA) is 8.17 Å². The van der Waals surface area contributed by atoms with Crippen molar-refractivity contribution in [2.75, 3.05) is 4.90 Å². The van der Waals surface area contributed by atoms with Crippen LogP contribution in [-0.2, 0) is 5.41 Å². The number of nitrogens with zero attached hydrogens (tertiary/aromatic N) is 2. The zero-order chi connectivity index (χ0) is 29.6. The second-order valence-corrected chi connectivity index (χ2v) is 11.8. The van der Waals surface area contributed by atoms with Gasteiger partial charge in [0.2, 0.25) is 0 Å². The largest absolute Gasteiger partial charge is 0.312 e. The second-order valence-electron chi connectivity index (χ2n) is 11.8. The van der Waals surface area contributed by atoms with Crippen LogP contribution in [0.3, 0.4) is 0 Å². The molecule has 43 heavy (non-hydrogen) atoms. The summed E-state index contributed by atoms with van der Waals surface area (Å²) in [5.41, 5.74) is 13.3. The van der Waals surface area contributed by atoms with E-state index in [1.807, 2.05) is 0 Å². The fraction of sp³-hybridized carbons (Fsp3) is 0.122. The van der Waals surface area contributed by atoms with Crippen LogP contribution in [0.4, 0.5) is 11.4 Å². The molecule has 0 spiro atoms. The Morgan fingerprint density at radius 2 is 1.05 bits per heavy atom. The van der Waals surface area contributed by atoms with Crippen LogP contribution in [0.15, 0.2) is 157 Å². The van der Waals surface area contributed by atoms with E-state index in [0.717, 1.165) is 0 Å². The van der Waals surface area contributed by atoms with Crippen molar-refractivity contribution in [1.29, 1.82) is 0 Å². The maximum Gasteiger partial charge on any atom is 0.0760 e. The molecule has 0 radical (unpaired) electrons. The van der Waals surface area contributed by atoms with Gasteiger partial charge in [0.1, 0.15) is 0 Å². The van der Waals surface area contributed by atoms with Crippen molar-refractivity contribution < 1.29 is 0 Å². The molecule has 0 aliphatic carbocycles. The van der Waals surface area contributed by atoms with Gasteiger partial charge in [0.15, 0.2) is 0 Å². The maximum absolute atomic E-state index is 2.49. The molecule has 5 aromatic carbocycles. The fourth-order valence-electron chi connectivity index (χ4n) is 6.85. The molecule has 6 aromatic rings. The van der Waals surface area contributed by atoms with Gasteiger partial charge in [-0.05, 0) is 72.0 Å². The highest BCUT2D eigenvalue weighted by Gasteiger charge is 2.41. The molecular formula is C41H36N2. The number of para-hydroxylation sites is 1. The van der Waals surface area contributed by atoms with Gasteiger partial charge in [-0.3, -0.25) is 0 Å². The lowest BCUT2D eigenvalue weighted by Crippen LogP contribution is -2.34. The Hall–Kier alpha value is -5.08. The molecule has 2 heterocycles. The van der Waals surface area contributed by atoms with Crippen LogP contribution in [0.5, 0.6) is 0 Å². The van der Waals surface area contributed by atoms with Crippen LogP contribution in [0.1, 0.15) is 33.4 Å². The average Bonchev–Trinajstić information content (AvgIpc) is 3.40. The lowest BCUT2D eigenvalue weighted by Gasteiger charge is -2.41. The average molecular weight is 557 g/mol. The first-order chi connectivity index (χ1) is 21.0. The molecule has 0 saturated heterocycles. The molecule has 1 aromatic heterocycles. The number of fused-ring (bicyclic) bond motifs is 3. The normalized spacial score (nSPS) is 14.5. The van der Waals surface area contributed by atoms with Crippen molar-refractivity contribution in [2.45, 2.75) is 33.1 Å². The molecule has 0 atom stereocenters. The third kappa shape index (κ3) is 4.42. The number of allylic oxidation sites excluding steroid dienone is 4. The number of hydrogen-bond acceptors (Lipinski definition) is 1. The molecule has 1 aliphatic heterocycles. The molecule has 210 valence electrons. The van der Waals surface area contributed by atoms with Gasteiger partial charge in [0, 0.05) is 27.9 Å². The summed E-state index contributed by atoms with van der Waals surface area (Å²) in [5.74, 6) is 0. The van der Waals surface area contributed by atoms with Crippen LogP contribution in [0.25, 0.3) is 38.8 Å². The SMILES string of the molecule is CC=CC1=C(C)N(c2ccc(-c3ccccc3)cc2)c2c(n(-c3ccc(-c4ccccc4)cc3)c3ccccc23)C1(C)C. The molecule has 0 fully saturated rings. The standard InChI is InChI=1S/C41H36N2/c1-5-14-37-29(2)42(34-25-21-32(22-26-34)30-15-8-6-9-16-30)39-36-19-12-13-20-38(36)43(40(39)41(37,3)4)35-27-23-33(24-28-35)31-17-10-7-11-18-31/h5-28H,1-4H3. The number of rotatable bonds is 5. The van der Waals surface area contributed by atoms with E-state index in [2.05, 4.69) is 183 Å². The van der Waals surface area contributed by atoms with Gasteiger partial charge in [-0.15, -0.1) is 0 Å². The van der Waals surface area contributed by atoms with Crippen LogP contribution in [0, 0.1) is 0 Å². The zero-order valence-corrected chi connectivity index (χ0v) is 25.3. The lowest BCUT2D eigenvalue weighted by molar-refractivity contribution is 0.585. The molecular weight excluding hydrogens is 520 g/mol. The third-order valence-corrected chi connectivity index (χ3v) is 8.86. The lowest BCUT2D eigenvalue weighted by atomic mass is 9.76. The first kappa shape index (κ1) is 26.8. The highest BCUT2D eigenvalue weighted by molar-refractivity contribution is 6.02. The van der Waals surface area contributed by atoms with Gasteiger partial charge >= 0.3 is 0 Å². The van der Waals surface area contributed by atoms with Crippen molar-refractivity contribution in [3.8, 4) is 27.9 Å². The van der Waals surface area contributed by atoms with E-state index >= 15 is 0 Å². The summed E-state index contributed by atoms with van der Waals surface area (Å²) >= 11 is 0. The zero-order valence-electron chi connectivity index (χ0n) is 25.3. The minimum Gasteiger partial charge on any atom is -0.312 e. The fourth-order valence-corrected chi connectivity index (χ4v) is 6.85. The molecule has 0 amide bonds. The molecule has 0 unspecified atom stereocenters. The Labute approximate surface area is 254 Å². The maximum atomic E-state index is 2.49. The third-order valence-electron chi connectivity index (χ3n) is 8.86. The van der Waals surface area contributed by atoms with Gasteiger partial charge in [-0.25, -0.2) is 0 Å². The van der Waals surface area contributed by atoms with Crippen molar-refractivity contribution >= 4 is 22.3 Å². The van der Waals surface area contributed by atoms with Crippen LogP contribution in [-0.4, -0.2) is 4.57 Å². The summed E-state index contributed by atoms with van der Waals surface area (Å²) in [6.45, 7) is 9.12. The first-order valence-corrected chi connectivity index (χ1v) is 15.1. The molecule has 0 saturated carbocycles. The van der Waals surface area contributed by atoms with Crippen LogP contribution in [0.2, 0.25) is 0 Å². The summed E-state index contributed by atoms with van der Waals surface area (Å²) in [6.07, 6.45) is 4.47. The predicted octanol–water partition coefficient (Wildman–Crippen LogP) is 11.2. The van der Waals surface area contributed by atoms with Crippen molar-refractivity contribution in [2.24, 2.45) is 0 Å². The monoisotopic (exact) mass is 556 g/mol. The smallest absolute Gasteiger partial charge is 0.0760 e. The van der Waals surface area contributed by atoms with E-state index < -0.39 is 0 Å². The molecule has 7 rings (SSSR count). The minimum absolute atomic E-state index is 0.233. The van der Waals surface area contributed by atoms with Crippen molar-refractivity contribution in [3.63, 3.8) is 0 Å². The number of benzene rings is 5. The summed E-state index contributed by atoms with van der Waals surface area (Å²) in [7, 11) is 0.